The van der Waals surface area contributed by atoms with Crippen LogP contribution in [0.25, 0.3) is 10.4 Å². The molecule has 0 radical (unpaired) electrons. The molecule has 1 saturated heterocycles. The molecule has 2 aliphatic heterocycles. The molecule has 2 atom stereocenters. The van der Waals surface area contributed by atoms with Crippen LogP contribution in [0, 0.1) is 0 Å². The van der Waals surface area contributed by atoms with Crippen molar-refractivity contribution < 1.29 is 14.1 Å². The van der Waals surface area contributed by atoms with Gasteiger partial charge in [-0.2, -0.15) is 0 Å². The summed E-state index contributed by atoms with van der Waals surface area (Å²) < 4.78 is 0.725. The fraction of sp³-hybridized carbons (Fsp3) is 0.364. The maximum atomic E-state index is 13.3. The number of carbonyl (C=O) groups excluding carboxylic acids is 2. The molecule has 1 spiro atoms. The number of benzene rings is 2. The highest BCUT2D eigenvalue weighted by Crippen LogP contribution is 2.38. The van der Waals surface area contributed by atoms with E-state index < -0.39 is 11.9 Å². The third kappa shape index (κ3) is 4.25. The van der Waals surface area contributed by atoms with Crippen molar-refractivity contribution in [2.24, 2.45) is 11.0 Å². The molecule has 2 aliphatic rings. The third-order valence-corrected chi connectivity index (χ3v) is 6.45. The quantitative estimate of drug-likeness (QED) is 0.126. The lowest BCUT2D eigenvalue weighted by molar-refractivity contribution is -0.950. The smallest absolute Gasteiger partial charge is 0.279 e. The van der Waals surface area contributed by atoms with Crippen molar-refractivity contribution in [1.82, 2.24) is 10.7 Å². The Kier molecular flexibility index (Phi) is 5.90. The average Bonchev–Trinajstić information content (AvgIpc) is 3.36. The number of rotatable bonds is 6. The predicted molar refractivity (Wildman–Crippen MR) is 115 cm³/mol. The molecule has 9 heteroatoms. The number of carbonyl (C=O) groups is 2. The van der Waals surface area contributed by atoms with E-state index in [1.807, 2.05) is 12.1 Å². The molecule has 9 nitrogen and oxygen atoms in total. The first-order valence-corrected chi connectivity index (χ1v) is 10.4. The van der Waals surface area contributed by atoms with Gasteiger partial charge in [-0.1, -0.05) is 53.6 Å². The Morgan fingerprint density at radius 1 is 1.16 bits per heavy atom. The van der Waals surface area contributed by atoms with E-state index in [9.17, 15) is 9.59 Å². The number of quaternary nitrogens is 1. The van der Waals surface area contributed by atoms with Crippen molar-refractivity contribution in [1.29, 1.82) is 0 Å². The Labute approximate surface area is 180 Å². The largest absolute Gasteiger partial charge is 0.339 e. The minimum absolute atomic E-state index is 0.107. The summed E-state index contributed by atoms with van der Waals surface area (Å²) in [5, 5.41) is 6.49. The molecule has 1 fully saturated rings. The highest BCUT2D eigenvalue weighted by atomic mass is 16.2. The highest BCUT2D eigenvalue weighted by Gasteiger charge is 2.50. The van der Waals surface area contributed by atoms with Gasteiger partial charge in [0.05, 0.1) is 6.54 Å². The molecule has 2 unspecified atom stereocenters. The van der Waals surface area contributed by atoms with Crippen molar-refractivity contribution in [2.45, 2.75) is 44.4 Å². The number of nitrogens with zero attached hydrogens (tertiary/aromatic N) is 4. The van der Waals surface area contributed by atoms with Gasteiger partial charge in [0.2, 0.25) is 0 Å². The van der Waals surface area contributed by atoms with E-state index in [0.717, 1.165) is 42.5 Å². The molecule has 2 aromatic rings. The summed E-state index contributed by atoms with van der Waals surface area (Å²) in [6.45, 7) is 2.66. The van der Waals surface area contributed by atoms with Gasteiger partial charge in [0.25, 0.3) is 11.8 Å². The normalized spacial score (nSPS) is 19.3. The number of hydrogen-bond donors (Lipinski definition) is 3. The van der Waals surface area contributed by atoms with Gasteiger partial charge in [-0.25, -0.2) is 5.84 Å². The summed E-state index contributed by atoms with van der Waals surface area (Å²) >= 11 is 0. The first-order chi connectivity index (χ1) is 15.0. The van der Waals surface area contributed by atoms with Gasteiger partial charge in [0.1, 0.15) is 19.1 Å². The summed E-state index contributed by atoms with van der Waals surface area (Å²) in [4.78, 5) is 28.5. The van der Waals surface area contributed by atoms with Gasteiger partial charge >= 0.3 is 0 Å². The van der Waals surface area contributed by atoms with E-state index in [4.69, 9.17) is 11.4 Å². The van der Waals surface area contributed by atoms with Crippen LogP contribution in [0.1, 0.15) is 29.5 Å². The van der Waals surface area contributed by atoms with Crippen LogP contribution >= 0.6 is 0 Å². The summed E-state index contributed by atoms with van der Waals surface area (Å²) in [5.74, 6) is 4.83. The van der Waals surface area contributed by atoms with Crippen LogP contribution in [0.2, 0.25) is 0 Å². The standard InChI is InChI=1S/C22H25N7O2/c23-26-21(30)19(12-15-7-9-18(10-8-15)27-28-24)25-22(31)20-6-3-11-29(20)13-16-4-1-2-5-17(16)14-29/h1-2,4-5,7-10,19-20H,3,6,11-14,23H2,(H-,25,26,30,31)/p+1. The van der Waals surface area contributed by atoms with Crippen molar-refractivity contribution in [2.75, 3.05) is 6.54 Å². The summed E-state index contributed by atoms with van der Waals surface area (Å²) in [6, 6.07) is 14.3. The van der Waals surface area contributed by atoms with Crippen LogP contribution in [0.3, 0.4) is 0 Å². The lowest BCUT2D eigenvalue weighted by Crippen LogP contribution is -2.58. The lowest BCUT2D eigenvalue weighted by atomic mass is 10.0. The van der Waals surface area contributed by atoms with E-state index in [1.165, 1.54) is 11.1 Å². The number of hydrogen-bond acceptors (Lipinski definition) is 4. The zero-order valence-electron chi connectivity index (χ0n) is 17.2. The van der Waals surface area contributed by atoms with Crippen LogP contribution in [0.5, 0.6) is 0 Å². The molecular weight excluding hydrogens is 394 g/mol. The van der Waals surface area contributed by atoms with Crippen LogP contribution < -0.4 is 16.6 Å². The number of fused-ring (bicyclic) bond motifs is 1. The van der Waals surface area contributed by atoms with Gasteiger partial charge in [-0.3, -0.25) is 15.0 Å². The highest BCUT2D eigenvalue weighted by molar-refractivity contribution is 5.89. The molecular formula is C22H26N7O2+. The molecule has 31 heavy (non-hydrogen) atoms. The number of nitrogens with one attached hydrogen (secondary N) is 2. The maximum absolute atomic E-state index is 13.3. The Balaban J connectivity index is 1.48. The van der Waals surface area contributed by atoms with E-state index in [2.05, 4.69) is 32.9 Å². The van der Waals surface area contributed by atoms with Crippen LogP contribution in [0.15, 0.2) is 53.6 Å². The lowest BCUT2D eigenvalue weighted by Gasteiger charge is -2.35. The van der Waals surface area contributed by atoms with Gasteiger partial charge in [0.15, 0.2) is 6.04 Å². The van der Waals surface area contributed by atoms with Gasteiger partial charge in [-0.05, 0) is 11.1 Å². The van der Waals surface area contributed by atoms with Crippen molar-refractivity contribution in [3.05, 3.63) is 75.7 Å². The number of amides is 2. The predicted octanol–water partition coefficient (Wildman–Crippen LogP) is 2.34. The number of hydrazine groups is 1. The molecule has 0 bridgehead atoms. The fourth-order valence-corrected chi connectivity index (χ4v) is 4.95. The van der Waals surface area contributed by atoms with Crippen molar-refractivity contribution >= 4 is 17.5 Å². The van der Waals surface area contributed by atoms with Gasteiger partial charge in [0, 0.05) is 41.0 Å². The molecule has 2 amide bonds. The van der Waals surface area contributed by atoms with Crippen LogP contribution in [-0.4, -0.2) is 34.9 Å². The van der Waals surface area contributed by atoms with E-state index in [1.54, 1.807) is 24.3 Å². The van der Waals surface area contributed by atoms with Crippen molar-refractivity contribution in [3.8, 4) is 0 Å². The summed E-state index contributed by atoms with van der Waals surface area (Å²) in [5.41, 5.74) is 14.6. The number of azide groups is 1. The van der Waals surface area contributed by atoms with Crippen LogP contribution in [0.4, 0.5) is 5.69 Å². The molecule has 0 aliphatic carbocycles. The Hall–Kier alpha value is -3.39. The fourth-order valence-electron chi connectivity index (χ4n) is 4.95. The SMILES string of the molecule is [N-]=[N+]=Nc1ccc(CC(NC(=O)C2CCC[N+]23Cc2ccccc2C3)C(=O)NN)cc1. The second kappa shape index (κ2) is 8.77. The van der Waals surface area contributed by atoms with E-state index in [-0.39, 0.29) is 18.4 Å². The topological polar surface area (TPSA) is 133 Å². The minimum atomic E-state index is -0.784. The van der Waals surface area contributed by atoms with Crippen LogP contribution in [-0.2, 0) is 29.1 Å². The van der Waals surface area contributed by atoms with Gasteiger partial charge < -0.3 is 9.80 Å². The third-order valence-electron chi connectivity index (χ3n) is 6.45. The maximum Gasteiger partial charge on any atom is 0.279 e. The molecule has 4 N–H and O–H groups in total. The zero-order valence-corrected chi connectivity index (χ0v) is 17.2. The minimum Gasteiger partial charge on any atom is -0.339 e. The molecule has 0 aromatic heterocycles. The average molecular weight is 420 g/mol. The Morgan fingerprint density at radius 3 is 2.45 bits per heavy atom. The second-order valence-corrected chi connectivity index (χ2v) is 8.31. The van der Waals surface area contributed by atoms with Crippen molar-refractivity contribution in [3.63, 3.8) is 0 Å². The molecule has 2 aromatic carbocycles. The van der Waals surface area contributed by atoms with Gasteiger partial charge in [-0.15, -0.1) is 0 Å². The first kappa shape index (κ1) is 20.9. The molecule has 0 saturated carbocycles. The second-order valence-electron chi connectivity index (χ2n) is 8.31. The molecule has 4 rings (SSSR count). The first-order valence-electron chi connectivity index (χ1n) is 10.4. The van der Waals surface area contributed by atoms with E-state index >= 15 is 0 Å². The molecule has 2 heterocycles. The summed E-state index contributed by atoms with van der Waals surface area (Å²) in [7, 11) is 0. The Morgan fingerprint density at radius 2 is 1.84 bits per heavy atom. The molecule has 160 valence electrons. The Bertz CT molecular complexity index is 1010. The summed E-state index contributed by atoms with van der Waals surface area (Å²) in [6.07, 6.45) is 2.08. The monoisotopic (exact) mass is 420 g/mol. The zero-order chi connectivity index (χ0) is 21.8. The van der Waals surface area contributed by atoms with E-state index in [0.29, 0.717) is 5.69 Å². The number of nitrogens with two attached hydrogens (primary N) is 1.